The van der Waals surface area contributed by atoms with Gasteiger partial charge in [-0.15, -0.1) is 6.58 Å². The zero-order chi connectivity index (χ0) is 39.4. The number of allylic oxidation sites excluding steroid dienone is 1. The standard InChI is InChI=1S/C51H61F2N3/c1-36(2)13-24-49(37(3)4)56-35-44-34-45(20-23-46(44)39(56)6)55-31-29-54(30-32-55)28-10-26-51(52,53)27-25-40-15-17-42(18-16-40)50-47(41-11-8-7-9-12-41)22-19-43-33-38(5)14-21-48(43)50/h7-9,11-12,14-18,20-21,23,33-34,47,49-50H,1,3,6,10,13,19,22,24-32,35H2,2,4-5H3. The Kier molecular flexibility index (Phi) is 12.3. The molecule has 3 aliphatic rings. The van der Waals surface area contributed by atoms with Crippen LogP contribution in [0.5, 0.6) is 0 Å². The van der Waals surface area contributed by atoms with Gasteiger partial charge in [-0.3, -0.25) is 4.90 Å². The van der Waals surface area contributed by atoms with Crippen molar-refractivity contribution in [1.29, 1.82) is 0 Å². The lowest BCUT2D eigenvalue weighted by Crippen LogP contribution is -2.46. The summed E-state index contributed by atoms with van der Waals surface area (Å²) in [4.78, 5) is 7.20. The molecule has 0 amide bonds. The Morgan fingerprint density at radius 3 is 2.30 bits per heavy atom. The summed E-state index contributed by atoms with van der Waals surface area (Å²) in [6, 6.07) is 33.3. The molecule has 0 N–H and O–H groups in total. The van der Waals surface area contributed by atoms with E-state index in [0.29, 0.717) is 25.3 Å². The summed E-state index contributed by atoms with van der Waals surface area (Å²) >= 11 is 0. The molecule has 4 aromatic carbocycles. The van der Waals surface area contributed by atoms with Crippen LogP contribution < -0.4 is 4.90 Å². The largest absolute Gasteiger partial charge is 0.369 e. The third kappa shape index (κ3) is 9.21. The number of hydrogen-bond acceptors (Lipinski definition) is 3. The van der Waals surface area contributed by atoms with Crippen LogP contribution in [0.25, 0.3) is 5.70 Å². The summed E-state index contributed by atoms with van der Waals surface area (Å²) in [5, 5.41) is 0. The number of rotatable bonds is 15. The predicted molar refractivity (Wildman–Crippen MR) is 232 cm³/mol. The summed E-state index contributed by atoms with van der Waals surface area (Å²) in [7, 11) is 0. The number of halogens is 2. The monoisotopic (exact) mass is 753 g/mol. The quantitative estimate of drug-likeness (QED) is 0.112. The third-order valence-electron chi connectivity index (χ3n) is 12.7. The van der Waals surface area contributed by atoms with Crippen LogP contribution >= 0.6 is 0 Å². The van der Waals surface area contributed by atoms with E-state index < -0.39 is 5.92 Å². The fraction of sp³-hybridized carbons (Fsp3) is 0.412. The lowest BCUT2D eigenvalue weighted by Gasteiger charge is -2.36. The van der Waals surface area contributed by atoms with Gasteiger partial charge in [0.25, 0.3) is 0 Å². The van der Waals surface area contributed by atoms with Crippen LogP contribution in [-0.4, -0.2) is 54.5 Å². The van der Waals surface area contributed by atoms with Crippen molar-refractivity contribution < 1.29 is 8.78 Å². The van der Waals surface area contributed by atoms with Gasteiger partial charge in [0.1, 0.15) is 0 Å². The molecular weight excluding hydrogens is 693 g/mol. The number of nitrogens with zero attached hydrogens (tertiary/aromatic N) is 3. The van der Waals surface area contributed by atoms with E-state index in [1.807, 2.05) is 0 Å². The fourth-order valence-corrected chi connectivity index (χ4v) is 9.53. The molecule has 2 heterocycles. The minimum Gasteiger partial charge on any atom is -0.369 e. The van der Waals surface area contributed by atoms with Crippen LogP contribution in [0, 0.1) is 6.92 Å². The van der Waals surface area contributed by atoms with E-state index >= 15 is 8.78 Å². The molecule has 5 heteroatoms. The van der Waals surface area contributed by atoms with E-state index in [9.17, 15) is 0 Å². The molecule has 0 spiro atoms. The summed E-state index contributed by atoms with van der Waals surface area (Å²) in [6.07, 6.45) is 4.89. The molecule has 3 unspecified atom stereocenters. The highest BCUT2D eigenvalue weighted by molar-refractivity contribution is 5.72. The van der Waals surface area contributed by atoms with E-state index in [0.717, 1.165) is 75.2 Å². The number of alkyl halides is 2. The van der Waals surface area contributed by atoms with Gasteiger partial charge < -0.3 is 9.80 Å². The van der Waals surface area contributed by atoms with Gasteiger partial charge in [-0.05, 0) is 117 Å². The summed E-state index contributed by atoms with van der Waals surface area (Å²) < 4.78 is 30.5. The van der Waals surface area contributed by atoms with E-state index in [2.05, 4.69) is 146 Å². The maximum atomic E-state index is 15.2. The molecule has 1 fully saturated rings. The molecule has 4 aromatic rings. The zero-order valence-corrected chi connectivity index (χ0v) is 34.0. The molecule has 0 radical (unpaired) electrons. The predicted octanol–water partition coefficient (Wildman–Crippen LogP) is 12.1. The average Bonchev–Trinajstić information content (AvgIpc) is 3.51. The van der Waals surface area contributed by atoms with Crippen molar-refractivity contribution in [2.75, 3.05) is 37.6 Å². The molecule has 1 saturated heterocycles. The number of aryl methyl sites for hydroxylation is 3. The second kappa shape index (κ2) is 17.3. The van der Waals surface area contributed by atoms with E-state index in [-0.39, 0.29) is 24.8 Å². The smallest absolute Gasteiger partial charge is 0.248 e. The highest BCUT2D eigenvalue weighted by Gasteiger charge is 2.33. The van der Waals surface area contributed by atoms with Crippen LogP contribution in [0.15, 0.2) is 122 Å². The number of benzene rings is 4. The molecule has 0 aromatic heterocycles. The molecule has 294 valence electrons. The van der Waals surface area contributed by atoms with Crippen molar-refractivity contribution >= 4 is 11.4 Å². The van der Waals surface area contributed by atoms with Gasteiger partial charge in [-0.1, -0.05) is 109 Å². The zero-order valence-electron chi connectivity index (χ0n) is 34.0. The first-order valence-corrected chi connectivity index (χ1v) is 20.9. The highest BCUT2D eigenvalue weighted by atomic mass is 19.3. The molecule has 0 saturated carbocycles. The van der Waals surface area contributed by atoms with Crippen molar-refractivity contribution in [3.8, 4) is 0 Å². The molecule has 2 aliphatic heterocycles. The Bertz CT molecular complexity index is 2010. The van der Waals surface area contributed by atoms with Crippen molar-refractivity contribution in [2.45, 2.75) is 102 Å². The minimum atomic E-state index is -2.67. The Labute approximate surface area is 335 Å². The Balaban J connectivity index is 0.880. The van der Waals surface area contributed by atoms with Crippen molar-refractivity contribution in [1.82, 2.24) is 9.80 Å². The Morgan fingerprint density at radius 1 is 0.839 bits per heavy atom. The van der Waals surface area contributed by atoms with Gasteiger partial charge in [0.15, 0.2) is 0 Å². The molecule has 3 atom stereocenters. The number of fused-ring (bicyclic) bond motifs is 2. The maximum Gasteiger partial charge on any atom is 0.248 e. The SMILES string of the molecule is C=C(C)CCC(C(=C)C)N1Cc2cc(N3CCN(CCCC(F)(F)CCc4ccc(C5c6ccc(C)cc6CCC5c5ccccc5)cc4)CC3)ccc2C1=C. The van der Waals surface area contributed by atoms with E-state index in [1.165, 1.54) is 50.2 Å². The lowest BCUT2D eigenvalue weighted by atomic mass is 9.69. The molecule has 1 aliphatic carbocycles. The highest BCUT2D eigenvalue weighted by Crippen LogP contribution is 2.46. The third-order valence-corrected chi connectivity index (χ3v) is 12.7. The van der Waals surface area contributed by atoms with Crippen molar-refractivity contribution in [3.63, 3.8) is 0 Å². The molecule has 3 nitrogen and oxygen atoms in total. The molecule has 7 rings (SSSR count). The topological polar surface area (TPSA) is 9.72 Å². The van der Waals surface area contributed by atoms with Crippen LogP contribution in [0.4, 0.5) is 14.5 Å². The van der Waals surface area contributed by atoms with Gasteiger partial charge in [0.05, 0.1) is 6.04 Å². The van der Waals surface area contributed by atoms with Crippen molar-refractivity contribution in [2.24, 2.45) is 0 Å². The lowest BCUT2D eigenvalue weighted by molar-refractivity contribution is -0.0196. The second-order valence-electron chi connectivity index (χ2n) is 17.0. The van der Waals surface area contributed by atoms with Gasteiger partial charge in [0, 0.05) is 68.4 Å². The molecule has 0 bridgehead atoms. The maximum absolute atomic E-state index is 15.2. The fourth-order valence-electron chi connectivity index (χ4n) is 9.53. The summed E-state index contributed by atoms with van der Waals surface area (Å²) in [5.41, 5.74) is 15.0. The van der Waals surface area contributed by atoms with Gasteiger partial charge >= 0.3 is 0 Å². The average molecular weight is 754 g/mol. The van der Waals surface area contributed by atoms with E-state index in [1.54, 1.807) is 0 Å². The second-order valence-corrected chi connectivity index (χ2v) is 17.0. The minimum absolute atomic E-state index is 0.0644. The molecule has 56 heavy (non-hydrogen) atoms. The Hall–Kier alpha value is -4.48. The normalized spacial score (nSPS) is 19.1. The first-order chi connectivity index (χ1) is 27.0. The van der Waals surface area contributed by atoms with Crippen LogP contribution in [0.2, 0.25) is 0 Å². The number of anilines is 1. The summed E-state index contributed by atoms with van der Waals surface area (Å²) in [6.45, 7) is 24.4. The van der Waals surface area contributed by atoms with Crippen LogP contribution in [-0.2, 0) is 19.4 Å². The number of piperazine rings is 1. The van der Waals surface area contributed by atoms with Crippen molar-refractivity contribution in [3.05, 3.63) is 166 Å². The van der Waals surface area contributed by atoms with Gasteiger partial charge in [-0.2, -0.15) is 0 Å². The summed E-state index contributed by atoms with van der Waals surface area (Å²) in [5.74, 6) is -2.02. The first-order valence-electron chi connectivity index (χ1n) is 20.9. The van der Waals surface area contributed by atoms with Gasteiger partial charge in [0.2, 0.25) is 5.92 Å². The molecular formula is C51H61F2N3. The van der Waals surface area contributed by atoms with Gasteiger partial charge in [-0.25, -0.2) is 8.78 Å². The Morgan fingerprint density at radius 2 is 1.59 bits per heavy atom. The van der Waals surface area contributed by atoms with E-state index in [4.69, 9.17) is 0 Å². The van der Waals surface area contributed by atoms with Crippen LogP contribution in [0.1, 0.15) is 109 Å². The van der Waals surface area contributed by atoms with Crippen LogP contribution in [0.3, 0.4) is 0 Å². The number of hydrogen-bond donors (Lipinski definition) is 0. The first kappa shape index (κ1) is 39.7.